The van der Waals surface area contributed by atoms with E-state index in [0.717, 1.165) is 15.6 Å². The van der Waals surface area contributed by atoms with E-state index < -0.39 is 5.97 Å². The molecule has 1 heterocycles. The van der Waals surface area contributed by atoms with E-state index in [-0.39, 0.29) is 0 Å². The Labute approximate surface area is 102 Å². The van der Waals surface area contributed by atoms with E-state index in [2.05, 4.69) is 0 Å². The molecule has 1 aromatic heterocycles. The number of allylic oxidation sites excluding steroid dienone is 1. The summed E-state index contributed by atoms with van der Waals surface area (Å²) in [4.78, 5) is 11.2. The molecule has 0 fully saturated rings. The second-order valence-electron chi connectivity index (χ2n) is 3.23. The first kappa shape index (κ1) is 11.2. The number of rotatable bonds is 3. The summed E-state index contributed by atoms with van der Waals surface area (Å²) >= 11 is 6.87. The van der Waals surface area contributed by atoms with Crippen molar-refractivity contribution >= 4 is 45.1 Å². The average molecular weight is 253 g/mol. The number of alkyl halides is 1. The Morgan fingerprint density at radius 2 is 2.31 bits per heavy atom. The zero-order valence-corrected chi connectivity index (χ0v) is 9.89. The molecule has 0 radical (unpaired) electrons. The molecule has 0 aliphatic heterocycles. The van der Waals surface area contributed by atoms with Crippen LogP contribution in [-0.2, 0) is 0 Å². The van der Waals surface area contributed by atoms with Gasteiger partial charge in [0.15, 0.2) is 0 Å². The highest BCUT2D eigenvalue weighted by Gasteiger charge is 2.09. The molecule has 0 saturated carbocycles. The first-order valence-electron chi connectivity index (χ1n) is 4.70. The third kappa shape index (κ3) is 2.10. The molecule has 82 valence electrons. The van der Waals surface area contributed by atoms with Crippen LogP contribution >= 0.6 is 22.9 Å². The van der Waals surface area contributed by atoms with E-state index >= 15 is 0 Å². The predicted molar refractivity (Wildman–Crippen MR) is 68.5 cm³/mol. The fraction of sp³-hybridized carbons (Fsp3) is 0.0833. The van der Waals surface area contributed by atoms with Gasteiger partial charge in [0.2, 0.25) is 0 Å². The van der Waals surface area contributed by atoms with E-state index in [4.69, 9.17) is 16.7 Å². The summed E-state index contributed by atoms with van der Waals surface area (Å²) in [6.45, 7) is 0. The molecule has 0 amide bonds. The maximum absolute atomic E-state index is 10.9. The summed E-state index contributed by atoms with van der Waals surface area (Å²) in [6.07, 6.45) is 3.75. The minimum Gasteiger partial charge on any atom is -0.477 e. The van der Waals surface area contributed by atoms with Crippen LogP contribution in [0.15, 0.2) is 30.3 Å². The number of carboxylic acid groups (broad SMARTS) is 1. The Morgan fingerprint density at radius 1 is 1.50 bits per heavy atom. The lowest BCUT2D eigenvalue weighted by Crippen LogP contribution is -1.89. The van der Waals surface area contributed by atoms with Crippen molar-refractivity contribution in [2.24, 2.45) is 0 Å². The molecule has 16 heavy (non-hydrogen) atoms. The van der Waals surface area contributed by atoms with Crippen molar-refractivity contribution in [1.82, 2.24) is 0 Å². The van der Waals surface area contributed by atoms with E-state index in [1.165, 1.54) is 11.3 Å². The van der Waals surface area contributed by atoms with Gasteiger partial charge in [-0.15, -0.1) is 22.9 Å². The van der Waals surface area contributed by atoms with Gasteiger partial charge >= 0.3 is 5.97 Å². The highest BCUT2D eigenvalue weighted by molar-refractivity contribution is 7.20. The topological polar surface area (TPSA) is 37.3 Å². The molecule has 4 heteroatoms. The van der Waals surface area contributed by atoms with E-state index in [9.17, 15) is 4.79 Å². The minimum absolute atomic E-state index is 0.363. The largest absolute Gasteiger partial charge is 0.477 e. The Balaban J connectivity index is 2.58. The predicted octanol–water partition coefficient (Wildman–Crippen LogP) is 3.85. The third-order valence-electron chi connectivity index (χ3n) is 2.19. The highest BCUT2D eigenvalue weighted by Crippen LogP contribution is 2.29. The van der Waals surface area contributed by atoms with Gasteiger partial charge in [-0.05, 0) is 17.7 Å². The van der Waals surface area contributed by atoms with Gasteiger partial charge in [-0.1, -0.05) is 24.3 Å². The van der Waals surface area contributed by atoms with Gasteiger partial charge in [-0.3, -0.25) is 0 Å². The number of benzene rings is 1. The molecular formula is C12H9ClO2S. The number of aromatic carboxylic acids is 1. The smallest absolute Gasteiger partial charge is 0.345 e. The molecule has 2 nitrogen and oxygen atoms in total. The van der Waals surface area contributed by atoms with E-state index in [0.29, 0.717) is 10.8 Å². The monoisotopic (exact) mass is 252 g/mol. The SMILES string of the molecule is O=C(O)c1cc2c(C=CCCl)cccc2s1. The standard InChI is InChI=1S/C12H9ClO2S/c13-6-2-4-8-3-1-5-10-9(8)7-11(16-10)12(14)15/h1-5,7H,6H2,(H,14,15). The van der Waals surface area contributed by atoms with Gasteiger partial charge in [0, 0.05) is 16.0 Å². The molecule has 2 rings (SSSR count). The molecule has 1 N–H and O–H groups in total. The maximum Gasteiger partial charge on any atom is 0.345 e. The van der Waals surface area contributed by atoms with Gasteiger partial charge in [0.1, 0.15) is 4.88 Å². The summed E-state index contributed by atoms with van der Waals surface area (Å²) in [5.74, 6) is -0.430. The molecule has 0 unspecified atom stereocenters. The normalized spacial score (nSPS) is 11.3. The van der Waals surface area contributed by atoms with Crippen LogP contribution in [0, 0.1) is 0 Å². The number of thiophene rings is 1. The Hall–Kier alpha value is -1.32. The number of hydrogen-bond acceptors (Lipinski definition) is 2. The quantitative estimate of drug-likeness (QED) is 0.843. The van der Waals surface area contributed by atoms with Gasteiger partial charge in [0.25, 0.3) is 0 Å². The Bertz CT molecular complexity index is 557. The van der Waals surface area contributed by atoms with Gasteiger partial charge in [-0.25, -0.2) is 4.79 Å². The van der Waals surface area contributed by atoms with Crippen molar-refractivity contribution in [2.75, 3.05) is 5.88 Å². The molecule has 0 aliphatic carbocycles. The van der Waals surface area contributed by atoms with Crippen molar-refractivity contribution in [3.63, 3.8) is 0 Å². The van der Waals surface area contributed by atoms with Gasteiger partial charge in [-0.2, -0.15) is 0 Å². The first-order valence-corrected chi connectivity index (χ1v) is 6.06. The van der Waals surface area contributed by atoms with Crippen LogP contribution in [-0.4, -0.2) is 17.0 Å². The number of carbonyl (C=O) groups is 1. The third-order valence-corrected chi connectivity index (χ3v) is 3.46. The fourth-order valence-corrected chi connectivity index (χ4v) is 2.53. The number of hydrogen-bond donors (Lipinski definition) is 1. The lowest BCUT2D eigenvalue weighted by Gasteiger charge is -1.94. The maximum atomic E-state index is 10.9. The van der Waals surface area contributed by atoms with Crippen LogP contribution in [0.25, 0.3) is 16.2 Å². The average Bonchev–Trinajstić information content (AvgIpc) is 2.70. The van der Waals surface area contributed by atoms with Crippen LogP contribution in [0.5, 0.6) is 0 Å². The van der Waals surface area contributed by atoms with Crippen LogP contribution in [0.1, 0.15) is 15.2 Å². The van der Waals surface area contributed by atoms with Gasteiger partial charge in [0.05, 0.1) is 0 Å². The summed E-state index contributed by atoms with van der Waals surface area (Å²) in [7, 11) is 0. The van der Waals surface area contributed by atoms with Gasteiger partial charge < -0.3 is 5.11 Å². The highest BCUT2D eigenvalue weighted by atomic mass is 35.5. The van der Waals surface area contributed by atoms with Crippen molar-refractivity contribution in [1.29, 1.82) is 0 Å². The lowest BCUT2D eigenvalue weighted by molar-refractivity contribution is 0.0702. The van der Waals surface area contributed by atoms with Crippen molar-refractivity contribution in [3.05, 3.63) is 40.8 Å². The van der Waals surface area contributed by atoms with E-state index in [1.54, 1.807) is 6.07 Å². The van der Waals surface area contributed by atoms with Crippen LogP contribution in [0.3, 0.4) is 0 Å². The molecule has 0 spiro atoms. The molecule has 1 aromatic carbocycles. The number of fused-ring (bicyclic) bond motifs is 1. The molecule has 0 aliphatic rings. The molecule has 0 saturated heterocycles. The molecule has 0 bridgehead atoms. The summed E-state index contributed by atoms with van der Waals surface area (Å²) in [6, 6.07) is 7.49. The first-order chi connectivity index (χ1) is 7.72. The second-order valence-corrected chi connectivity index (χ2v) is 4.62. The van der Waals surface area contributed by atoms with Crippen molar-refractivity contribution in [2.45, 2.75) is 0 Å². The van der Waals surface area contributed by atoms with Crippen LogP contribution in [0.4, 0.5) is 0 Å². The van der Waals surface area contributed by atoms with Crippen molar-refractivity contribution in [3.8, 4) is 0 Å². The second kappa shape index (κ2) is 4.68. The Morgan fingerprint density at radius 3 is 3.00 bits per heavy atom. The Kier molecular flexibility index (Phi) is 3.27. The van der Waals surface area contributed by atoms with Crippen molar-refractivity contribution < 1.29 is 9.90 Å². The minimum atomic E-state index is -0.881. The zero-order valence-electron chi connectivity index (χ0n) is 8.31. The lowest BCUT2D eigenvalue weighted by atomic mass is 10.1. The van der Waals surface area contributed by atoms with Crippen LogP contribution in [0.2, 0.25) is 0 Å². The molecular weight excluding hydrogens is 244 g/mol. The zero-order chi connectivity index (χ0) is 11.5. The number of halogens is 1. The molecule has 0 atom stereocenters. The summed E-state index contributed by atoms with van der Waals surface area (Å²) in [5.41, 5.74) is 1.00. The summed E-state index contributed by atoms with van der Waals surface area (Å²) < 4.78 is 0.981. The molecule has 2 aromatic rings. The summed E-state index contributed by atoms with van der Waals surface area (Å²) in [5, 5.41) is 9.89. The van der Waals surface area contributed by atoms with Crippen LogP contribution < -0.4 is 0 Å². The van der Waals surface area contributed by atoms with E-state index in [1.807, 2.05) is 30.4 Å². The number of carboxylic acids is 1. The fourth-order valence-electron chi connectivity index (χ4n) is 1.51.